The van der Waals surface area contributed by atoms with Crippen molar-refractivity contribution in [3.05, 3.63) is 12.7 Å². The van der Waals surface area contributed by atoms with E-state index in [1.54, 1.807) is 0 Å². The van der Waals surface area contributed by atoms with Crippen LogP contribution in [-0.4, -0.2) is 11.1 Å². The van der Waals surface area contributed by atoms with E-state index in [1.807, 2.05) is 0 Å². The molecule has 0 unspecified atom stereocenters. The lowest BCUT2D eigenvalue weighted by atomic mass is 10.7. The number of hydrogen-bond donors (Lipinski definition) is 1. The fourth-order valence-electron chi connectivity index (χ4n) is 0. The smallest absolute Gasteiger partial charge is 0.327 e. The van der Waals surface area contributed by atoms with Crippen molar-refractivity contribution in [2.75, 3.05) is 0 Å². The molecule has 0 radical (unpaired) electrons. The lowest BCUT2D eigenvalue weighted by Gasteiger charge is -1.64. The van der Waals surface area contributed by atoms with Gasteiger partial charge in [-0.1, -0.05) is 6.58 Å². The third-order valence-electron chi connectivity index (χ3n) is 0.175. The van der Waals surface area contributed by atoms with Crippen LogP contribution in [-0.2, 0) is 4.79 Å². The lowest BCUT2D eigenvalue weighted by molar-refractivity contribution is -0.131. The van der Waals surface area contributed by atoms with Gasteiger partial charge in [-0.2, -0.15) is 0 Å². The molecule has 36 valence electrons. The van der Waals surface area contributed by atoms with Crippen molar-refractivity contribution in [2.45, 2.75) is 0 Å². The molecule has 0 spiro atoms. The second-order valence-electron chi connectivity index (χ2n) is 0.542. The summed E-state index contributed by atoms with van der Waals surface area (Å²) in [5, 5.41) is 7.60. The van der Waals surface area contributed by atoms with Gasteiger partial charge < -0.3 is 5.11 Å². The molecule has 0 bridgehead atoms. The van der Waals surface area contributed by atoms with Gasteiger partial charge in [0.15, 0.2) is 0 Å². The Kier molecular flexibility index (Phi) is 6.82. The second kappa shape index (κ2) is 4.50. The molecular formula is C3H5ClO2. The second-order valence-corrected chi connectivity index (χ2v) is 0.542. The van der Waals surface area contributed by atoms with E-state index in [0.717, 1.165) is 6.08 Å². The van der Waals surface area contributed by atoms with Crippen molar-refractivity contribution in [2.24, 2.45) is 0 Å². The number of halogens is 1. The van der Waals surface area contributed by atoms with E-state index in [1.165, 1.54) is 0 Å². The molecule has 0 aromatic rings. The van der Waals surface area contributed by atoms with Crippen LogP contribution < -0.4 is 0 Å². The van der Waals surface area contributed by atoms with Gasteiger partial charge in [-0.3, -0.25) is 0 Å². The van der Waals surface area contributed by atoms with Crippen LogP contribution in [0, 0.1) is 0 Å². The zero-order valence-corrected chi connectivity index (χ0v) is 3.86. The van der Waals surface area contributed by atoms with Crippen molar-refractivity contribution in [1.82, 2.24) is 0 Å². The molecule has 0 aliphatic carbocycles. The van der Waals surface area contributed by atoms with Gasteiger partial charge in [0.25, 0.3) is 0 Å². The molecule has 0 rings (SSSR count). The Bertz CT molecular complexity index is 59.8. The molecule has 0 saturated heterocycles. The summed E-state index contributed by atoms with van der Waals surface area (Å²) in [6, 6.07) is 0. The number of carbonyl (C=O) groups is 1. The topological polar surface area (TPSA) is 37.3 Å². The summed E-state index contributed by atoms with van der Waals surface area (Å²) in [6.07, 6.45) is 0.833. The van der Waals surface area contributed by atoms with Gasteiger partial charge in [-0.25, -0.2) is 4.79 Å². The maximum absolute atomic E-state index is 9.25. The first-order chi connectivity index (χ1) is 2.27. The Morgan fingerprint density at radius 1 is 1.83 bits per heavy atom. The van der Waals surface area contributed by atoms with Crippen LogP contribution >= 0.6 is 12.4 Å². The van der Waals surface area contributed by atoms with Crippen molar-refractivity contribution in [3.8, 4) is 0 Å². The van der Waals surface area contributed by atoms with Crippen molar-refractivity contribution in [1.29, 1.82) is 0 Å². The quantitative estimate of drug-likeness (QED) is 0.502. The monoisotopic (exact) mass is 108 g/mol. The van der Waals surface area contributed by atoms with E-state index < -0.39 is 5.97 Å². The Labute approximate surface area is 41.9 Å². The van der Waals surface area contributed by atoms with Crippen LogP contribution in [0.3, 0.4) is 0 Å². The maximum Gasteiger partial charge on any atom is 0.327 e. The summed E-state index contributed by atoms with van der Waals surface area (Å²) >= 11 is 0. The molecule has 0 atom stereocenters. The van der Waals surface area contributed by atoms with E-state index in [-0.39, 0.29) is 12.4 Å². The summed E-state index contributed by atoms with van der Waals surface area (Å²) in [6.45, 7) is 2.96. The number of rotatable bonds is 1. The number of aliphatic carboxylic acids is 1. The molecule has 0 aromatic heterocycles. The molecule has 0 aliphatic heterocycles. The van der Waals surface area contributed by atoms with Gasteiger partial charge in [-0.05, 0) is 0 Å². The fraction of sp³-hybridized carbons (Fsp3) is 0. The number of carboxylic acids is 1. The highest BCUT2D eigenvalue weighted by Gasteiger charge is 1.73. The maximum atomic E-state index is 9.25. The van der Waals surface area contributed by atoms with Crippen LogP contribution in [0.1, 0.15) is 0 Å². The summed E-state index contributed by atoms with van der Waals surface area (Å²) in [7, 11) is 0. The van der Waals surface area contributed by atoms with E-state index in [0.29, 0.717) is 0 Å². The number of carboxylic acid groups (broad SMARTS) is 1. The highest BCUT2D eigenvalue weighted by molar-refractivity contribution is 5.85. The lowest BCUT2D eigenvalue weighted by Crippen LogP contribution is -1.82. The van der Waals surface area contributed by atoms with Crippen molar-refractivity contribution < 1.29 is 9.90 Å². The zero-order valence-electron chi connectivity index (χ0n) is 3.05. The Morgan fingerprint density at radius 3 is 2.00 bits per heavy atom. The molecule has 0 fully saturated rings. The number of hydrogen-bond acceptors (Lipinski definition) is 1. The molecule has 1 N–H and O–H groups in total. The minimum absolute atomic E-state index is 0. The fourth-order valence-corrected chi connectivity index (χ4v) is 0. The van der Waals surface area contributed by atoms with E-state index in [2.05, 4.69) is 6.58 Å². The van der Waals surface area contributed by atoms with Crippen molar-refractivity contribution >= 4 is 18.4 Å². The van der Waals surface area contributed by atoms with Gasteiger partial charge in [0.2, 0.25) is 0 Å². The van der Waals surface area contributed by atoms with Crippen molar-refractivity contribution in [3.63, 3.8) is 0 Å². The summed E-state index contributed by atoms with van der Waals surface area (Å²) < 4.78 is 0. The molecule has 2 nitrogen and oxygen atoms in total. The average molecular weight is 109 g/mol. The van der Waals surface area contributed by atoms with Crippen LogP contribution in [0.25, 0.3) is 0 Å². The minimum atomic E-state index is -0.981. The molecule has 0 heterocycles. The molecule has 0 aliphatic rings. The molecule has 0 amide bonds. The Hall–Kier alpha value is -0.500. The standard InChI is InChI=1S/C3H4O2.ClH/c1-2-3(4)5;/h2H,1H2,(H,4,5);1H. The highest BCUT2D eigenvalue weighted by atomic mass is 35.5. The molecule has 3 heteroatoms. The normalized spacial score (nSPS) is 5.33. The highest BCUT2D eigenvalue weighted by Crippen LogP contribution is 1.54. The van der Waals surface area contributed by atoms with Crippen LogP contribution in [0.4, 0.5) is 0 Å². The largest absolute Gasteiger partial charge is 0.478 e. The zero-order chi connectivity index (χ0) is 4.28. The molecule has 0 aromatic carbocycles. The SMILES string of the molecule is C=CC(=O)O.Cl. The van der Waals surface area contributed by atoms with Gasteiger partial charge in [-0.15, -0.1) is 12.4 Å². The van der Waals surface area contributed by atoms with Crippen LogP contribution in [0.2, 0.25) is 0 Å². The van der Waals surface area contributed by atoms with E-state index in [9.17, 15) is 4.79 Å². The Morgan fingerprint density at radius 2 is 2.00 bits per heavy atom. The van der Waals surface area contributed by atoms with Crippen LogP contribution in [0.15, 0.2) is 12.7 Å². The first-order valence-electron chi connectivity index (χ1n) is 1.12. The van der Waals surface area contributed by atoms with Gasteiger partial charge in [0.05, 0.1) is 0 Å². The average Bonchev–Trinajstić information content (AvgIpc) is 1.38. The van der Waals surface area contributed by atoms with E-state index in [4.69, 9.17) is 5.11 Å². The predicted octanol–water partition coefficient (Wildman–Crippen LogP) is 0.679. The first kappa shape index (κ1) is 9.09. The minimum Gasteiger partial charge on any atom is -0.478 e. The third-order valence-corrected chi connectivity index (χ3v) is 0.175. The summed E-state index contributed by atoms with van der Waals surface area (Å²) in [5.74, 6) is -0.981. The van der Waals surface area contributed by atoms with Gasteiger partial charge in [0, 0.05) is 6.08 Å². The molecular weight excluding hydrogens is 103 g/mol. The first-order valence-corrected chi connectivity index (χ1v) is 1.12. The van der Waals surface area contributed by atoms with Gasteiger partial charge >= 0.3 is 5.97 Å². The molecule has 0 saturated carbocycles. The van der Waals surface area contributed by atoms with Crippen LogP contribution in [0.5, 0.6) is 0 Å². The summed E-state index contributed by atoms with van der Waals surface area (Å²) in [4.78, 5) is 9.25. The van der Waals surface area contributed by atoms with E-state index >= 15 is 0 Å². The van der Waals surface area contributed by atoms with Gasteiger partial charge in [0.1, 0.15) is 0 Å². The third kappa shape index (κ3) is 9.72. The predicted molar refractivity (Wildman–Crippen MR) is 25.1 cm³/mol. The summed E-state index contributed by atoms with van der Waals surface area (Å²) in [5.41, 5.74) is 0. The Balaban J connectivity index is 0. The molecule has 6 heavy (non-hydrogen) atoms.